The Hall–Kier alpha value is -4.46. The van der Waals surface area contributed by atoms with Crippen molar-refractivity contribution in [3.63, 3.8) is 0 Å². The van der Waals surface area contributed by atoms with Gasteiger partial charge in [0.2, 0.25) is 5.91 Å². The van der Waals surface area contributed by atoms with Crippen molar-refractivity contribution in [1.82, 2.24) is 29.5 Å². The van der Waals surface area contributed by atoms with Crippen LogP contribution in [0.5, 0.6) is 0 Å². The molecule has 5 aromatic rings. The van der Waals surface area contributed by atoms with E-state index in [1.807, 2.05) is 45.1 Å². The van der Waals surface area contributed by atoms with E-state index in [-0.39, 0.29) is 5.91 Å². The number of pyridine rings is 1. The van der Waals surface area contributed by atoms with E-state index in [1.54, 1.807) is 14.3 Å². The van der Waals surface area contributed by atoms with Crippen LogP contribution in [0, 0.1) is 6.92 Å². The summed E-state index contributed by atoms with van der Waals surface area (Å²) in [6.07, 6.45) is 11.8. The summed E-state index contributed by atoms with van der Waals surface area (Å²) >= 11 is 0. The second-order valence-electron chi connectivity index (χ2n) is 8.99. The third-order valence-corrected chi connectivity index (χ3v) is 6.80. The van der Waals surface area contributed by atoms with Gasteiger partial charge < -0.3 is 9.88 Å². The third kappa shape index (κ3) is 3.29. The fourth-order valence-electron chi connectivity index (χ4n) is 5.09. The third-order valence-electron chi connectivity index (χ3n) is 6.80. The molecule has 0 atom stereocenters. The zero-order chi connectivity index (χ0) is 24.3. The Morgan fingerprint density at radius 2 is 1.80 bits per heavy atom. The van der Waals surface area contributed by atoms with E-state index >= 15 is 0 Å². The molecular weight excluding hydrogens is 438 g/mol. The Morgan fingerprint density at radius 1 is 1.06 bits per heavy atom. The summed E-state index contributed by atoms with van der Waals surface area (Å²) in [6.45, 7) is 6.47. The first-order valence-electron chi connectivity index (χ1n) is 11.5. The lowest BCUT2D eigenvalue weighted by Crippen LogP contribution is -2.26. The van der Waals surface area contributed by atoms with Crippen molar-refractivity contribution < 1.29 is 4.79 Å². The molecule has 1 aliphatic heterocycles. The number of anilines is 1. The molecule has 0 spiro atoms. The molecule has 1 N–H and O–H groups in total. The number of rotatable bonds is 4. The normalized spacial score (nSPS) is 12.9. The maximum Gasteiger partial charge on any atom is 0.250 e. The van der Waals surface area contributed by atoms with Crippen molar-refractivity contribution in [2.75, 3.05) is 11.4 Å². The van der Waals surface area contributed by atoms with Crippen molar-refractivity contribution in [3.8, 4) is 33.5 Å². The molecule has 1 amide bonds. The highest BCUT2D eigenvalue weighted by Gasteiger charge is 2.26. The minimum atomic E-state index is -0.0796. The van der Waals surface area contributed by atoms with Crippen molar-refractivity contribution in [1.29, 1.82) is 0 Å². The molecule has 8 heteroatoms. The number of benzene rings is 1. The number of carbonyl (C=O) groups excluding carboxylic acids is 1. The SMILES string of the molecule is C=CC(=O)N1CCc2ccc(-c3c(-c4cnn(C)c4)[nH]c4ncc(-c5cnn(C)c5)c(C)c34)cc21. The first kappa shape index (κ1) is 21.1. The van der Waals surface area contributed by atoms with Gasteiger partial charge >= 0.3 is 0 Å². The summed E-state index contributed by atoms with van der Waals surface area (Å²) in [4.78, 5) is 22.7. The van der Waals surface area contributed by atoms with Crippen LogP contribution in [-0.2, 0) is 25.3 Å². The van der Waals surface area contributed by atoms with Crippen LogP contribution in [0.2, 0.25) is 0 Å². The summed E-state index contributed by atoms with van der Waals surface area (Å²) in [5.74, 6) is -0.0796. The summed E-state index contributed by atoms with van der Waals surface area (Å²) < 4.78 is 3.59. The largest absolute Gasteiger partial charge is 0.339 e. The Labute approximate surface area is 202 Å². The average Bonchev–Trinajstić information content (AvgIpc) is 3.63. The fourth-order valence-corrected chi connectivity index (χ4v) is 5.09. The lowest BCUT2D eigenvalue weighted by molar-refractivity contribution is -0.114. The first-order valence-corrected chi connectivity index (χ1v) is 11.5. The van der Waals surface area contributed by atoms with E-state index in [2.05, 4.69) is 46.9 Å². The van der Waals surface area contributed by atoms with Gasteiger partial charge in [-0.15, -0.1) is 0 Å². The van der Waals surface area contributed by atoms with E-state index in [0.717, 1.165) is 67.8 Å². The van der Waals surface area contributed by atoms with Crippen molar-refractivity contribution in [2.45, 2.75) is 13.3 Å². The van der Waals surface area contributed by atoms with Crippen LogP contribution in [0.4, 0.5) is 5.69 Å². The van der Waals surface area contributed by atoms with Crippen molar-refractivity contribution in [2.24, 2.45) is 14.1 Å². The zero-order valence-electron chi connectivity index (χ0n) is 19.9. The molecule has 0 saturated heterocycles. The molecule has 0 saturated carbocycles. The number of aryl methyl sites for hydroxylation is 3. The van der Waals surface area contributed by atoms with Crippen molar-refractivity contribution >= 4 is 22.6 Å². The molecule has 4 aromatic heterocycles. The van der Waals surface area contributed by atoms with Gasteiger partial charge in [0.05, 0.1) is 18.1 Å². The quantitative estimate of drug-likeness (QED) is 0.400. The van der Waals surface area contributed by atoms with Gasteiger partial charge in [-0.25, -0.2) is 4.98 Å². The maximum atomic E-state index is 12.5. The highest BCUT2D eigenvalue weighted by atomic mass is 16.2. The summed E-state index contributed by atoms with van der Waals surface area (Å²) in [6, 6.07) is 6.38. The predicted molar refractivity (Wildman–Crippen MR) is 137 cm³/mol. The Morgan fingerprint density at radius 3 is 2.49 bits per heavy atom. The fraction of sp³-hybridized carbons (Fsp3) is 0.185. The van der Waals surface area contributed by atoms with E-state index < -0.39 is 0 Å². The molecule has 1 aromatic carbocycles. The molecule has 5 heterocycles. The predicted octanol–water partition coefficient (Wildman–Crippen LogP) is 4.41. The van der Waals surface area contributed by atoms with Crippen LogP contribution >= 0.6 is 0 Å². The molecule has 0 unspecified atom stereocenters. The topological polar surface area (TPSA) is 84.6 Å². The van der Waals surface area contributed by atoms with Crippen LogP contribution in [0.1, 0.15) is 11.1 Å². The number of H-pyrrole nitrogens is 1. The number of carbonyl (C=O) groups is 1. The highest BCUT2D eigenvalue weighted by molar-refractivity contribution is 6.07. The molecule has 0 fully saturated rings. The smallest absolute Gasteiger partial charge is 0.250 e. The van der Waals surface area contributed by atoms with Crippen molar-refractivity contribution in [3.05, 3.63) is 73.0 Å². The monoisotopic (exact) mass is 463 g/mol. The number of hydrogen-bond acceptors (Lipinski definition) is 4. The number of fused-ring (bicyclic) bond motifs is 2. The molecule has 1 aliphatic rings. The van der Waals surface area contributed by atoms with Gasteiger partial charge in [-0.1, -0.05) is 18.7 Å². The van der Waals surface area contributed by atoms with E-state index in [1.165, 1.54) is 6.08 Å². The van der Waals surface area contributed by atoms with Gasteiger partial charge in [0.15, 0.2) is 0 Å². The number of aromatic nitrogens is 6. The lowest BCUT2D eigenvalue weighted by Gasteiger charge is -2.16. The summed E-state index contributed by atoms with van der Waals surface area (Å²) in [5.41, 5.74) is 10.1. The van der Waals surface area contributed by atoms with Gasteiger partial charge in [0.25, 0.3) is 0 Å². The maximum absolute atomic E-state index is 12.5. The molecule has 0 radical (unpaired) electrons. The molecule has 8 nitrogen and oxygen atoms in total. The second kappa shape index (κ2) is 7.80. The van der Waals surface area contributed by atoms with Crippen LogP contribution < -0.4 is 4.90 Å². The van der Waals surface area contributed by atoms with Gasteiger partial charge in [-0.2, -0.15) is 10.2 Å². The Balaban J connectivity index is 1.63. The van der Waals surface area contributed by atoms with E-state index in [4.69, 9.17) is 4.98 Å². The van der Waals surface area contributed by atoms with Gasteiger partial charge in [0.1, 0.15) is 5.65 Å². The van der Waals surface area contributed by atoms with Crippen LogP contribution in [0.25, 0.3) is 44.5 Å². The Kier molecular flexibility index (Phi) is 4.70. The second-order valence-corrected chi connectivity index (χ2v) is 8.99. The molecule has 6 rings (SSSR count). The lowest BCUT2D eigenvalue weighted by atomic mass is 9.94. The average molecular weight is 464 g/mol. The number of amides is 1. The number of aromatic amines is 1. The minimum Gasteiger partial charge on any atom is -0.339 e. The number of hydrogen-bond donors (Lipinski definition) is 1. The van der Waals surface area contributed by atoms with Gasteiger partial charge in [-0.05, 0) is 42.2 Å². The van der Waals surface area contributed by atoms with Crippen LogP contribution in [0.3, 0.4) is 0 Å². The molecule has 35 heavy (non-hydrogen) atoms. The number of nitrogens with zero attached hydrogens (tertiary/aromatic N) is 6. The standard InChI is InChI=1S/C27H25N7O/c1-5-23(35)34-9-8-17-6-7-18(10-22(17)34)25-24-16(2)21(19-11-29-32(3)14-19)13-28-27(24)31-26(25)20-12-30-33(4)15-20/h5-7,10-15H,1,8-9H2,2-4H3,(H,28,31). The summed E-state index contributed by atoms with van der Waals surface area (Å²) in [7, 11) is 3.82. The highest BCUT2D eigenvalue weighted by Crippen LogP contribution is 2.43. The molecular formula is C27H25N7O. The number of nitrogens with one attached hydrogen (secondary N) is 1. The molecule has 0 bridgehead atoms. The van der Waals surface area contributed by atoms with Gasteiger partial charge in [-0.3, -0.25) is 14.2 Å². The molecule has 0 aliphatic carbocycles. The van der Waals surface area contributed by atoms with Gasteiger partial charge in [0, 0.05) is 72.6 Å². The Bertz CT molecular complexity index is 1630. The van der Waals surface area contributed by atoms with E-state index in [0.29, 0.717) is 6.54 Å². The van der Waals surface area contributed by atoms with Crippen LogP contribution in [-0.4, -0.2) is 42.0 Å². The van der Waals surface area contributed by atoms with E-state index in [9.17, 15) is 4.79 Å². The molecule has 174 valence electrons. The van der Waals surface area contributed by atoms with Crippen LogP contribution in [0.15, 0.2) is 61.8 Å². The minimum absolute atomic E-state index is 0.0796. The zero-order valence-corrected chi connectivity index (χ0v) is 19.9. The first-order chi connectivity index (χ1) is 16.9. The summed E-state index contributed by atoms with van der Waals surface area (Å²) in [5, 5.41) is 9.79.